The molecule has 2 atom stereocenters. The van der Waals surface area contributed by atoms with Gasteiger partial charge in [-0.2, -0.15) is 0 Å². The lowest BCUT2D eigenvalue weighted by molar-refractivity contribution is -0.870. The summed E-state index contributed by atoms with van der Waals surface area (Å²) < 4.78 is 22.9. The predicted molar refractivity (Wildman–Crippen MR) is 446 cm³/mol. The average Bonchev–Trinajstić information content (AvgIpc) is 0.985. The van der Waals surface area contributed by atoms with Crippen molar-refractivity contribution in [3.63, 3.8) is 0 Å². The molecule has 0 aromatic heterocycles. The Morgan fingerprint density at radius 3 is 0.796 bits per heavy atom. The third-order valence-electron chi connectivity index (χ3n) is 15.8. The Balaban J connectivity index is 4.24. The zero-order valence-corrected chi connectivity index (χ0v) is 65.4. The largest absolute Gasteiger partial charge is 0.477 e. The highest BCUT2D eigenvalue weighted by molar-refractivity contribution is 5.71. The van der Waals surface area contributed by atoms with Crippen molar-refractivity contribution in [3.05, 3.63) is 255 Å². The number of hydrogen-bond donors (Lipinski definition) is 1. The standard InChI is InChI=1S/C94H143NO8/c1-6-8-10-12-14-16-18-20-22-24-26-28-30-32-34-36-38-40-42-44-46-48-50-52-54-56-58-60-62-64-66-68-70-72-74-76-78-80-82-84-91(96)101-88-90(89-102-94(93(98)99)100-87-86-95(3,4)5)103-92(97)85-83-81-79-77-75-73-71-69-67-65-63-61-59-57-55-53-51-49-47-45-43-41-39-37-35-33-31-29-27-25-23-21-19-17-15-13-11-9-7-2/h8-11,14-17,20-23,26-29,32-35,38-41,44-47,50-53,56-59,63,65,69,71,75,77,90,94H,6-7,12-13,18-19,24-25,30-31,36-37,42-43,48-49,54-55,60-62,64,66-68,70,72-74,76,78-89H2,1-5H3/p+1/b10-8-,11-9-,16-14-,17-15-,22-20-,23-21-,28-26-,29-27-,34-32-,35-33-,40-38-,41-39-,46-44-,47-45-,52-50-,53-51-,58-56-,59-57-,65-63-,71-69-,77-75-. The van der Waals surface area contributed by atoms with E-state index in [-0.39, 0.29) is 38.6 Å². The third kappa shape index (κ3) is 82.0. The minimum atomic E-state index is -1.54. The Labute approximate surface area is 630 Å². The van der Waals surface area contributed by atoms with Gasteiger partial charge in [-0.05, 0) is 173 Å². The van der Waals surface area contributed by atoms with Crippen molar-refractivity contribution in [1.29, 1.82) is 0 Å². The first-order valence-electron chi connectivity index (χ1n) is 39.8. The highest BCUT2D eigenvalue weighted by atomic mass is 16.7. The number of unbranched alkanes of at least 4 members (excludes halogenated alkanes) is 13. The number of ether oxygens (including phenoxy) is 4. The second-order valence-corrected chi connectivity index (χ2v) is 26.6. The van der Waals surface area contributed by atoms with E-state index in [1.165, 1.54) is 44.9 Å². The van der Waals surface area contributed by atoms with Crippen LogP contribution in [-0.4, -0.2) is 87.4 Å². The summed E-state index contributed by atoms with van der Waals surface area (Å²) in [5.74, 6) is -2.10. The number of carbonyl (C=O) groups is 3. The number of allylic oxidation sites excluding steroid dienone is 42. The van der Waals surface area contributed by atoms with E-state index in [4.69, 9.17) is 18.9 Å². The van der Waals surface area contributed by atoms with E-state index in [2.05, 4.69) is 269 Å². The van der Waals surface area contributed by atoms with Gasteiger partial charge in [-0.25, -0.2) is 4.79 Å². The van der Waals surface area contributed by atoms with Gasteiger partial charge in [0.25, 0.3) is 6.29 Å². The van der Waals surface area contributed by atoms with Gasteiger partial charge in [-0.3, -0.25) is 9.59 Å². The lowest BCUT2D eigenvalue weighted by Gasteiger charge is -2.25. The maximum absolute atomic E-state index is 13.0. The molecule has 0 aliphatic rings. The first-order valence-corrected chi connectivity index (χ1v) is 39.8. The molecule has 9 nitrogen and oxygen atoms in total. The number of quaternary nitrogens is 1. The van der Waals surface area contributed by atoms with Gasteiger partial charge in [-0.15, -0.1) is 0 Å². The van der Waals surface area contributed by atoms with E-state index in [9.17, 15) is 19.5 Å². The number of aliphatic carboxylic acids is 1. The van der Waals surface area contributed by atoms with Gasteiger partial charge in [0.1, 0.15) is 13.2 Å². The normalized spacial score (nSPS) is 14.1. The monoisotopic (exact) mass is 1420 g/mol. The molecule has 0 rings (SSSR count). The highest BCUT2D eigenvalue weighted by Crippen LogP contribution is 2.15. The Hall–Kier alpha value is -7.17. The predicted octanol–water partition coefficient (Wildman–Crippen LogP) is 26.1. The van der Waals surface area contributed by atoms with Gasteiger partial charge < -0.3 is 28.5 Å². The summed E-state index contributed by atoms with van der Waals surface area (Å²) in [5, 5.41) is 9.77. The van der Waals surface area contributed by atoms with Crippen molar-refractivity contribution < 1.29 is 42.9 Å². The van der Waals surface area contributed by atoms with Crippen LogP contribution >= 0.6 is 0 Å². The molecule has 0 aliphatic carbocycles. The van der Waals surface area contributed by atoms with Crippen LogP contribution in [0.1, 0.15) is 258 Å². The maximum Gasteiger partial charge on any atom is 0.361 e. The van der Waals surface area contributed by atoms with Crippen LogP contribution in [0, 0.1) is 0 Å². The molecular weight excluding hydrogens is 1270 g/mol. The fourth-order valence-electron chi connectivity index (χ4n) is 9.81. The molecule has 0 aromatic carbocycles. The van der Waals surface area contributed by atoms with E-state index < -0.39 is 24.3 Å². The zero-order valence-electron chi connectivity index (χ0n) is 65.4. The molecule has 9 heteroatoms. The molecule has 103 heavy (non-hydrogen) atoms. The van der Waals surface area contributed by atoms with Crippen LogP contribution < -0.4 is 0 Å². The molecule has 0 radical (unpaired) electrons. The second kappa shape index (κ2) is 80.5. The summed E-state index contributed by atoms with van der Waals surface area (Å²) in [6.45, 7) is 4.56. The summed E-state index contributed by atoms with van der Waals surface area (Å²) in [5.41, 5.74) is 0. The van der Waals surface area contributed by atoms with Crippen molar-refractivity contribution >= 4 is 17.9 Å². The van der Waals surface area contributed by atoms with Crippen molar-refractivity contribution in [2.45, 2.75) is 270 Å². The van der Waals surface area contributed by atoms with Gasteiger partial charge >= 0.3 is 17.9 Å². The zero-order chi connectivity index (χ0) is 74.6. The molecular formula is C94H144NO8+. The van der Waals surface area contributed by atoms with Gasteiger partial charge in [0.2, 0.25) is 0 Å². The number of carboxylic acids is 1. The summed E-state index contributed by atoms with van der Waals surface area (Å²) in [6.07, 6.45) is 128. The van der Waals surface area contributed by atoms with Crippen molar-refractivity contribution in [2.75, 3.05) is 47.5 Å². The Morgan fingerprint density at radius 2 is 0.524 bits per heavy atom. The number of likely N-dealkylation sites (N-methyl/N-ethyl adjacent to an activating group) is 1. The molecule has 0 bridgehead atoms. The SMILES string of the molecule is CC/C=C\C/C=C\C/C=C\C/C=C\C/C=C\C/C=C\C/C=C\C/C=C\C/C=C\C/C=C\C/C=C\C/C=C\CCCCC(=O)OC(COC(=O)CCCCCCCCCCCCC/C=C\C/C=C\C/C=C\C/C=C\C/C=C\C/C=C\C/C=C\C/C=C\C/C=C\CC)COC(OCC[N+](C)(C)C)C(=O)O. The fourth-order valence-corrected chi connectivity index (χ4v) is 9.81. The molecule has 0 saturated heterocycles. The van der Waals surface area contributed by atoms with Crippen LogP contribution in [-0.2, 0) is 33.3 Å². The highest BCUT2D eigenvalue weighted by Gasteiger charge is 2.25. The molecule has 572 valence electrons. The maximum atomic E-state index is 13.0. The number of rotatable bonds is 70. The van der Waals surface area contributed by atoms with Crippen LogP contribution in [0.2, 0.25) is 0 Å². The summed E-state index contributed by atoms with van der Waals surface area (Å²) >= 11 is 0. The van der Waals surface area contributed by atoms with Crippen LogP contribution in [0.4, 0.5) is 0 Å². The van der Waals surface area contributed by atoms with Crippen LogP contribution in [0.25, 0.3) is 0 Å². The molecule has 0 amide bonds. The van der Waals surface area contributed by atoms with E-state index in [1.807, 2.05) is 21.1 Å². The minimum absolute atomic E-state index is 0.165. The first-order chi connectivity index (χ1) is 50.6. The smallest absolute Gasteiger partial charge is 0.361 e. The Bertz CT molecular complexity index is 2660. The summed E-state index contributed by atoms with van der Waals surface area (Å²) in [4.78, 5) is 37.7. The second-order valence-electron chi connectivity index (χ2n) is 26.6. The first kappa shape index (κ1) is 95.8. The van der Waals surface area contributed by atoms with Gasteiger partial charge in [0.15, 0.2) is 6.10 Å². The fraction of sp³-hybridized carbons (Fsp3) is 0.521. The number of carbonyl (C=O) groups excluding carboxylic acids is 2. The molecule has 0 fully saturated rings. The topological polar surface area (TPSA) is 108 Å². The van der Waals surface area contributed by atoms with Crippen molar-refractivity contribution in [3.8, 4) is 0 Å². The Morgan fingerprint density at radius 1 is 0.291 bits per heavy atom. The summed E-state index contributed by atoms with van der Waals surface area (Å²) in [7, 11) is 5.95. The summed E-state index contributed by atoms with van der Waals surface area (Å²) in [6, 6.07) is 0. The van der Waals surface area contributed by atoms with Gasteiger partial charge in [0, 0.05) is 12.8 Å². The van der Waals surface area contributed by atoms with E-state index in [1.54, 1.807) is 0 Å². The molecule has 0 spiro atoms. The van der Waals surface area contributed by atoms with Crippen LogP contribution in [0.15, 0.2) is 255 Å². The van der Waals surface area contributed by atoms with E-state index in [0.29, 0.717) is 17.4 Å². The minimum Gasteiger partial charge on any atom is -0.477 e. The van der Waals surface area contributed by atoms with Crippen molar-refractivity contribution in [2.24, 2.45) is 0 Å². The van der Waals surface area contributed by atoms with Crippen LogP contribution in [0.5, 0.6) is 0 Å². The number of hydrogen-bond acceptors (Lipinski definition) is 7. The lowest BCUT2D eigenvalue weighted by Crippen LogP contribution is -2.40. The molecule has 0 aromatic rings. The van der Waals surface area contributed by atoms with Crippen LogP contribution in [0.3, 0.4) is 0 Å². The third-order valence-corrected chi connectivity index (χ3v) is 15.8. The number of carboxylic acid groups (broad SMARTS) is 1. The number of esters is 2. The van der Waals surface area contributed by atoms with E-state index >= 15 is 0 Å². The number of nitrogens with zero attached hydrogens (tertiary/aromatic N) is 1. The quantitative estimate of drug-likeness (QED) is 0.0211. The molecule has 2 unspecified atom stereocenters. The van der Waals surface area contributed by atoms with Gasteiger partial charge in [-0.1, -0.05) is 327 Å². The van der Waals surface area contributed by atoms with Gasteiger partial charge in [0.05, 0.1) is 34.4 Å². The molecule has 1 N–H and O–H groups in total. The van der Waals surface area contributed by atoms with E-state index in [0.717, 1.165) is 180 Å². The van der Waals surface area contributed by atoms with Crippen molar-refractivity contribution in [1.82, 2.24) is 0 Å². The Kier molecular flexibility index (Phi) is 74.9. The molecule has 0 saturated carbocycles. The lowest BCUT2D eigenvalue weighted by atomic mass is 10.0. The molecule has 0 heterocycles. The average molecular weight is 1420 g/mol. The molecule has 0 aliphatic heterocycles.